The van der Waals surface area contributed by atoms with Crippen LogP contribution in [0.4, 0.5) is 4.79 Å². The second-order valence-corrected chi connectivity index (χ2v) is 7.92. The summed E-state index contributed by atoms with van der Waals surface area (Å²) in [5.74, 6) is 2.95. The molecule has 2 aliphatic rings. The first-order chi connectivity index (χ1) is 16.0. The molecule has 1 fully saturated rings. The van der Waals surface area contributed by atoms with Crippen LogP contribution in [0.3, 0.4) is 0 Å². The molecule has 8 nitrogen and oxygen atoms in total. The zero-order chi connectivity index (χ0) is 23.2. The quantitative estimate of drug-likeness (QED) is 0.584. The van der Waals surface area contributed by atoms with E-state index in [4.69, 9.17) is 14.6 Å². The molecule has 170 valence electrons. The van der Waals surface area contributed by atoms with Crippen LogP contribution in [0.25, 0.3) is 11.1 Å². The minimum atomic E-state index is -0.900. The lowest BCUT2D eigenvalue weighted by Crippen LogP contribution is -2.31. The van der Waals surface area contributed by atoms with Gasteiger partial charge < -0.3 is 25.2 Å². The number of fused-ring (bicyclic) bond motifs is 3. The van der Waals surface area contributed by atoms with Crippen molar-refractivity contribution in [1.82, 2.24) is 10.6 Å². The van der Waals surface area contributed by atoms with E-state index in [9.17, 15) is 14.4 Å². The van der Waals surface area contributed by atoms with Crippen molar-refractivity contribution in [2.24, 2.45) is 5.92 Å². The number of amides is 2. The summed E-state index contributed by atoms with van der Waals surface area (Å²) in [5.41, 5.74) is 4.56. The number of carboxylic acids is 1. The third-order valence-electron chi connectivity index (χ3n) is 5.79. The maximum atomic E-state index is 12.1. The molecule has 1 saturated heterocycles. The SMILES string of the molecule is O=C(C#CCNC(=O)OCC1c2ccccc2-c2ccccc21)NC[C@H]1C[C@@H](C(=O)O)CO1. The molecule has 3 N–H and O–H groups in total. The summed E-state index contributed by atoms with van der Waals surface area (Å²) < 4.78 is 10.7. The highest BCUT2D eigenvalue weighted by Gasteiger charge is 2.31. The fourth-order valence-electron chi connectivity index (χ4n) is 4.16. The van der Waals surface area contributed by atoms with Gasteiger partial charge in [0.1, 0.15) is 6.61 Å². The number of carboxylic acid groups (broad SMARTS) is 1. The number of carbonyl (C=O) groups is 3. The van der Waals surface area contributed by atoms with Crippen molar-refractivity contribution in [2.75, 3.05) is 26.3 Å². The Morgan fingerprint density at radius 3 is 2.33 bits per heavy atom. The molecule has 0 saturated carbocycles. The molecule has 1 aliphatic carbocycles. The van der Waals surface area contributed by atoms with Crippen LogP contribution >= 0.6 is 0 Å². The van der Waals surface area contributed by atoms with Gasteiger partial charge in [0.05, 0.1) is 25.2 Å². The van der Waals surface area contributed by atoms with Gasteiger partial charge in [-0.1, -0.05) is 54.5 Å². The van der Waals surface area contributed by atoms with Crippen LogP contribution in [-0.4, -0.2) is 55.5 Å². The fourth-order valence-corrected chi connectivity index (χ4v) is 4.16. The summed E-state index contributed by atoms with van der Waals surface area (Å²) in [6.07, 6.45) is -0.590. The third kappa shape index (κ3) is 5.33. The first kappa shape index (κ1) is 22.4. The van der Waals surface area contributed by atoms with E-state index in [0.29, 0.717) is 6.42 Å². The second kappa shape index (κ2) is 10.2. The van der Waals surface area contributed by atoms with Crippen LogP contribution in [0.15, 0.2) is 48.5 Å². The minimum Gasteiger partial charge on any atom is -0.481 e. The molecule has 1 aliphatic heterocycles. The normalized spacial score (nSPS) is 18.4. The van der Waals surface area contributed by atoms with E-state index >= 15 is 0 Å². The predicted molar refractivity (Wildman–Crippen MR) is 119 cm³/mol. The predicted octanol–water partition coefficient (Wildman–Crippen LogP) is 2.13. The van der Waals surface area contributed by atoms with Gasteiger partial charge in [0.25, 0.3) is 5.91 Å². The highest BCUT2D eigenvalue weighted by atomic mass is 16.5. The Hall–Kier alpha value is -3.83. The Bertz CT molecular complexity index is 1070. The average Bonchev–Trinajstić information content (AvgIpc) is 3.42. The number of hydrogen-bond donors (Lipinski definition) is 3. The van der Waals surface area contributed by atoms with Crippen LogP contribution in [0.1, 0.15) is 23.5 Å². The number of nitrogens with one attached hydrogen (secondary N) is 2. The molecule has 0 unspecified atom stereocenters. The average molecular weight is 448 g/mol. The number of rotatable bonds is 6. The highest BCUT2D eigenvalue weighted by Crippen LogP contribution is 2.44. The van der Waals surface area contributed by atoms with Crippen molar-refractivity contribution in [3.8, 4) is 23.0 Å². The molecule has 2 aromatic carbocycles. The summed E-state index contributed by atoms with van der Waals surface area (Å²) in [6.45, 7) is 0.500. The van der Waals surface area contributed by atoms with Gasteiger partial charge in [0.15, 0.2) is 0 Å². The van der Waals surface area contributed by atoms with E-state index in [1.54, 1.807) is 0 Å². The van der Waals surface area contributed by atoms with Gasteiger partial charge in [-0.05, 0) is 34.6 Å². The van der Waals surface area contributed by atoms with Gasteiger partial charge in [-0.15, -0.1) is 0 Å². The number of aliphatic carboxylic acids is 1. The lowest BCUT2D eigenvalue weighted by atomic mass is 9.98. The van der Waals surface area contributed by atoms with Crippen molar-refractivity contribution < 1.29 is 29.0 Å². The van der Waals surface area contributed by atoms with Gasteiger partial charge in [0.2, 0.25) is 0 Å². The Morgan fingerprint density at radius 1 is 1.03 bits per heavy atom. The topological polar surface area (TPSA) is 114 Å². The molecule has 0 radical (unpaired) electrons. The number of alkyl carbamates (subject to hydrolysis) is 1. The van der Waals surface area contributed by atoms with E-state index in [2.05, 4.69) is 34.6 Å². The molecule has 1 heterocycles. The molecule has 2 amide bonds. The zero-order valence-electron chi connectivity index (χ0n) is 17.9. The Balaban J connectivity index is 1.19. The Labute approximate surface area is 191 Å². The van der Waals surface area contributed by atoms with E-state index in [-0.39, 0.29) is 38.3 Å². The summed E-state index contributed by atoms with van der Waals surface area (Å²) in [5, 5.41) is 14.0. The summed E-state index contributed by atoms with van der Waals surface area (Å²) in [4.78, 5) is 34.8. The molecular formula is C25H24N2O6. The van der Waals surface area contributed by atoms with Crippen LogP contribution < -0.4 is 10.6 Å². The molecule has 8 heteroatoms. The number of hydrogen-bond acceptors (Lipinski definition) is 5. The zero-order valence-corrected chi connectivity index (χ0v) is 17.9. The van der Waals surface area contributed by atoms with E-state index in [0.717, 1.165) is 22.3 Å². The van der Waals surface area contributed by atoms with Crippen LogP contribution in [-0.2, 0) is 19.1 Å². The lowest BCUT2D eigenvalue weighted by molar-refractivity contribution is -0.141. The monoisotopic (exact) mass is 448 g/mol. The Kier molecular flexibility index (Phi) is 6.91. The maximum Gasteiger partial charge on any atom is 0.407 e. The van der Waals surface area contributed by atoms with Crippen LogP contribution in [0.2, 0.25) is 0 Å². The molecular weight excluding hydrogens is 424 g/mol. The lowest BCUT2D eigenvalue weighted by Gasteiger charge is -2.14. The second-order valence-electron chi connectivity index (χ2n) is 7.92. The van der Waals surface area contributed by atoms with Crippen molar-refractivity contribution in [3.05, 3.63) is 59.7 Å². The van der Waals surface area contributed by atoms with Gasteiger partial charge in [0, 0.05) is 12.5 Å². The highest BCUT2D eigenvalue weighted by molar-refractivity contribution is 5.93. The molecule has 2 aromatic rings. The van der Waals surface area contributed by atoms with E-state index in [1.807, 2.05) is 36.4 Å². The van der Waals surface area contributed by atoms with Gasteiger partial charge in [-0.25, -0.2) is 4.79 Å². The summed E-state index contributed by atoms with van der Waals surface area (Å²) >= 11 is 0. The van der Waals surface area contributed by atoms with E-state index < -0.39 is 23.9 Å². The molecule has 0 spiro atoms. The van der Waals surface area contributed by atoms with Gasteiger partial charge in [-0.3, -0.25) is 9.59 Å². The van der Waals surface area contributed by atoms with Crippen molar-refractivity contribution in [2.45, 2.75) is 18.4 Å². The maximum absolute atomic E-state index is 12.1. The summed E-state index contributed by atoms with van der Waals surface area (Å²) in [6, 6.07) is 16.2. The van der Waals surface area contributed by atoms with Gasteiger partial charge >= 0.3 is 12.1 Å². The number of benzene rings is 2. The largest absolute Gasteiger partial charge is 0.481 e. The molecule has 0 bridgehead atoms. The number of carbonyl (C=O) groups excluding carboxylic acids is 2. The molecule has 4 rings (SSSR count). The van der Waals surface area contributed by atoms with Crippen molar-refractivity contribution in [1.29, 1.82) is 0 Å². The number of ether oxygens (including phenoxy) is 2. The summed E-state index contributed by atoms with van der Waals surface area (Å²) in [7, 11) is 0. The first-order valence-electron chi connectivity index (χ1n) is 10.7. The smallest absolute Gasteiger partial charge is 0.407 e. The standard InChI is InChI=1S/C25H24N2O6/c28-23(27-13-17-12-16(14-32-17)24(29)30)10-5-11-26-25(31)33-15-22-20-8-3-1-6-18(20)19-7-2-4-9-21(19)22/h1-4,6-9,16-17,22H,11-15H2,(H,26,31)(H,27,28)(H,29,30)/t16-,17-/m1/s1. The first-order valence-corrected chi connectivity index (χ1v) is 10.7. The van der Waals surface area contributed by atoms with E-state index in [1.165, 1.54) is 0 Å². The molecule has 0 aromatic heterocycles. The van der Waals surface area contributed by atoms with Gasteiger partial charge in [-0.2, -0.15) is 0 Å². The Morgan fingerprint density at radius 2 is 1.70 bits per heavy atom. The van der Waals surface area contributed by atoms with Crippen molar-refractivity contribution in [3.63, 3.8) is 0 Å². The minimum absolute atomic E-state index is 0.0291. The molecule has 33 heavy (non-hydrogen) atoms. The third-order valence-corrected chi connectivity index (χ3v) is 5.79. The molecule has 2 atom stereocenters. The van der Waals surface area contributed by atoms with Crippen LogP contribution in [0.5, 0.6) is 0 Å². The fraction of sp³-hybridized carbons (Fsp3) is 0.320. The van der Waals surface area contributed by atoms with Crippen LogP contribution in [0, 0.1) is 17.8 Å². The van der Waals surface area contributed by atoms with Crippen molar-refractivity contribution >= 4 is 18.0 Å².